The molecular formula is C15H13ClO. The van der Waals surface area contributed by atoms with Gasteiger partial charge in [0.1, 0.15) is 5.60 Å². The fourth-order valence-electron chi connectivity index (χ4n) is 1.82. The normalized spacial score (nSPS) is 14.0. The van der Waals surface area contributed by atoms with Gasteiger partial charge < -0.3 is 5.11 Å². The lowest BCUT2D eigenvalue weighted by Crippen LogP contribution is -2.24. The van der Waals surface area contributed by atoms with Gasteiger partial charge in [-0.05, 0) is 23.3 Å². The molecule has 0 saturated carbocycles. The molecule has 0 bridgehead atoms. The Morgan fingerprint density at radius 2 is 1.65 bits per heavy atom. The van der Waals surface area contributed by atoms with Crippen molar-refractivity contribution in [3.8, 4) is 0 Å². The minimum atomic E-state index is -1.20. The summed E-state index contributed by atoms with van der Waals surface area (Å²) in [5, 5.41) is 11.3. The molecule has 0 aromatic heterocycles. The standard InChI is InChI=1S/C15H13ClO/c1-2-15(17,12-7-4-3-5-8-12)13-9-6-10-14(16)11-13/h2-11,17H,1H2. The molecule has 0 spiro atoms. The van der Waals surface area contributed by atoms with Gasteiger partial charge in [0.05, 0.1) is 0 Å². The van der Waals surface area contributed by atoms with Crippen LogP contribution in [0.25, 0.3) is 0 Å². The molecule has 0 saturated heterocycles. The van der Waals surface area contributed by atoms with Crippen LogP contribution in [0.15, 0.2) is 67.3 Å². The summed E-state index contributed by atoms with van der Waals surface area (Å²) < 4.78 is 0. The first-order valence-electron chi connectivity index (χ1n) is 5.34. The molecule has 1 unspecified atom stereocenters. The Bertz CT molecular complexity index is 521. The van der Waals surface area contributed by atoms with E-state index in [9.17, 15) is 5.11 Å². The number of hydrogen-bond donors (Lipinski definition) is 1. The van der Waals surface area contributed by atoms with Crippen molar-refractivity contribution >= 4 is 11.6 Å². The van der Waals surface area contributed by atoms with Crippen molar-refractivity contribution in [3.63, 3.8) is 0 Å². The van der Waals surface area contributed by atoms with Gasteiger partial charge in [-0.1, -0.05) is 66.7 Å². The lowest BCUT2D eigenvalue weighted by molar-refractivity contribution is 0.135. The van der Waals surface area contributed by atoms with E-state index >= 15 is 0 Å². The number of aliphatic hydroxyl groups is 1. The Labute approximate surface area is 106 Å². The molecule has 1 N–H and O–H groups in total. The topological polar surface area (TPSA) is 20.2 Å². The highest BCUT2D eigenvalue weighted by Gasteiger charge is 2.27. The molecule has 0 aliphatic rings. The summed E-state index contributed by atoms with van der Waals surface area (Å²) >= 11 is 5.95. The second-order valence-corrected chi connectivity index (χ2v) is 4.28. The zero-order valence-electron chi connectivity index (χ0n) is 9.31. The van der Waals surface area contributed by atoms with Crippen LogP contribution in [0.2, 0.25) is 5.02 Å². The highest BCUT2D eigenvalue weighted by atomic mass is 35.5. The Hall–Kier alpha value is -1.57. The third-order valence-electron chi connectivity index (χ3n) is 2.77. The van der Waals surface area contributed by atoms with Crippen molar-refractivity contribution in [3.05, 3.63) is 83.4 Å². The first-order chi connectivity index (χ1) is 8.16. The molecule has 86 valence electrons. The summed E-state index contributed by atoms with van der Waals surface area (Å²) in [6.45, 7) is 3.72. The number of halogens is 1. The molecule has 2 aromatic rings. The molecule has 1 atom stereocenters. The molecule has 1 nitrogen and oxygen atoms in total. The third kappa shape index (κ3) is 2.26. The average molecular weight is 245 g/mol. The van der Waals surface area contributed by atoms with Crippen LogP contribution in [0.5, 0.6) is 0 Å². The third-order valence-corrected chi connectivity index (χ3v) is 3.01. The van der Waals surface area contributed by atoms with Crippen LogP contribution in [0.4, 0.5) is 0 Å². The highest BCUT2D eigenvalue weighted by Crippen LogP contribution is 2.31. The van der Waals surface area contributed by atoms with E-state index in [1.165, 1.54) is 6.08 Å². The van der Waals surface area contributed by atoms with Crippen molar-refractivity contribution in [1.82, 2.24) is 0 Å². The maximum absolute atomic E-state index is 10.7. The molecule has 0 aliphatic carbocycles. The Morgan fingerprint density at radius 3 is 2.24 bits per heavy atom. The molecule has 0 amide bonds. The van der Waals surface area contributed by atoms with Gasteiger partial charge in [-0.25, -0.2) is 0 Å². The van der Waals surface area contributed by atoms with Gasteiger partial charge in [0.2, 0.25) is 0 Å². The molecule has 2 rings (SSSR count). The van der Waals surface area contributed by atoms with Crippen LogP contribution in [-0.4, -0.2) is 5.11 Å². The Balaban J connectivity index is 2.56. The zero-order valence-corrected chi connectivity index (χ0v) is 10.1. The Morgan fingerprint density at radius 1 is 1.00 bits per heavy atom. The Kier molecular flexibility index (Phi) is 3.32. The minimum absolute atomic E-state index is 0.596. The quantitative estimate of drug-likeness (QED) is 0.815. The van der Waals surface area contributed by atoms with Crippen molar-refractivity contribution in [2.24, 2.45) is 0 Å². The fraction of sp³-hybridized carbons (Fsp3) is 0.0667. The van der Waals surface area contributed by atoms with Crippen LogP contribution in [-0.2, 0) is 5.60 Å². The lowest BCUT2D eigenvalue weighted by Gasteiger charge is -2.25. The molecule has 2 heteroatoms. The van der Waals surface area contributed by atoms with Crippen molar-refractivity contribution in [1.29, 1.82) is 0 Å². The average Bonchev–Trinajstić information content (AvgIpc) is 2.39. The van der Waals surface area contributed by atoms with E-state index in [-0.39, 0.29) is 0 Å². The predicted octanol–water partition coefficient (Wildman–Crippen LogP) is 3.76. The summed E-state index contributed by atoms with van der Waals surface area (Å²) in [7, 11) is 0. The molecule has 0 fully saturated rings. The molecule has 0 aliphatic heterocycles. The number of hydrogen-bond acceptors (Lipinski definition) is 1. The summed E-state index contributed by atoms with van der Waals surface area (Å²) in [6, 6.07) is 16.6. The monoisotopic (exact) mass is 244 g/mol. The van der Waals surface area contributed by atoms with Crippen molar-refractivity contribution < 1.29 is 5.11 Å². The molecule has 0 heterocycles. The summed E-state index contributed by atoms with van der Waals surface area (Å²) in [4.78, 5) is 0. The van der Waals surface area contributed by atoms with Crippen molar-refractivity contribution in [2.75, 3.05) is 0 Å². The SMILES string of the molecule is C=CC(O)(c1ccccc1)c1cccc(Cl)c1. The van der Waals surface area contributed by atoms with Crippen molar-refractivity contribution in [2.45, 2.75) is 5.60 Å². The second kappa shape index (κ2) is 4.74. The smallest absolute Gasteiger partial charge is 0.133 e. The maximum atomic E-state index is 10.7. The molecule has 17 heavy (non-hydrogen) atoms. The van der Waals surface area contributed by atoms with Gasteiger partial charge in [0.25, 0.3) is 0 Å². The van der Waals surface area contributed by atoms with Crippen LogP contribution >= 0.6 is 11.6 Å². The predicted molar refractivity (Wildman–Crippen MR) is 71.1 cm³/mol. The second-order valence-electron chi connectivity index (χ2n) is 3.85. The first-order valence-corrected chi connectivity index (χ1v) is 5.72. The van der Waals surface area contributed by atoms with Gasteiger partial charge in [-0.15, -0.1) is 0 Å². The molecular weight excluding hydrogens is 232 g/mol. The van der Waals surface area contributed by atoms with Gasteiger partial charge in [0.15, 0.2) is 0 Å². The van der Waals surface area contributed by atoms with Crippen LogP contribution < -0.4 is 0 Å². The molecule has 0 radical (unpaired) electrons. The zero-order chi connectivity index (χ0) is 12.3. The van der Waals surface area contributed by atoms with E-state index in [4.69, 9.17) is 11.6 Å². The minimum Gasteiger partial charge on any atom is -0.377 e. The van der Waals surface area contributed by atoms with E-state index in [1.54, 1.807) is 12.1 Å². The van der Waals surface area contributed by atoms with Crippen LogP contribution in [0, 0.1) is 0 Å². The molecule has 2 aromatic carbocycles. The van der Waals surface area contributed by atoms with E-state index < -0.39 is 5.60 Å². The lowest BCUT2D eigenvalue weighted by atomic mass is 9.86. The van der Waals surface area contributed by atoms with E-state index in [0.717, 1.165) is 5.56 Å². The van der Waals surface area contributed by atoms with Gasteiger partial charge in [-0.2, -0.15) is 0 Å². The maximum Gasteiger partial charge on any atom is 0.133 e. The summed E-state index contributed by atoms with van der Waals surface area (Å²) in [6.07, 6.45) is 1.52. The highest BCUT2D eigenvalue weighted by molar-refractivity contribution is 6.30. The van der Waals surface area contributed by atoms with Crippen LogP contribution in [0.3, 0.4) is 0 Å². The van der Waals surface area contributed by atoms with Gasteiger partial charge in [-0.3, -0.25) is 0 Å². The fourth-order valence-corrected chi connectivity index (χ4v) is 2.01. The number of benzene rings is 2. The number of rotatable bonds is 3. The summed E-state index contributed by atoms with van der Waals surface area (Å²) in [5.41, 5.74) is 0.287. The van der Waals surface area contributed by atoms with Gasteiger partial charge in [0, 0.05) is 5.02 Å². The summed E-state index contributed by atoms with van der Waals surface area (Å²) in [5.74, 6) is 0. The van der Waals surface area contributed by atoms with E-state index in [0.29, 0.717) is 10.6 Å². The van der Waals surface area contributed by atoms with E-state index in [1.807, 2.05) is 42.5 Å². The van der Waals surface area contributed by atoms with E-state index in [2.05, 4.69) is 6.58 Å². The largest absolute Gasteiger partial charge is 0.377 e. The first kappa shape index (κ1) is 11.9. The van der Waals surface area contributed by atoms with Crippen LogP contribution in [0.1, 0.15) is 11.1 Å². The van der Waals surface area contributed by atoms with Gasteiger partial charge >= 0.3 is 0 Å².